The summed E-state index contributed by atoms with van der Waals surface area (Å²) in [4.78, 5) is 78.4. The van der Waals surface area contributed by atoms with Gasteiger partial charge in [-0.15, -0.1) is 0 Å². The molecule has 1 aromatic carbocycles. The minimum absolute atomic E-state index is 0.00579. The molecule has 1 heterocycles. The van der Waals surface area contributed by atoms with Crippen molar-refractivity contribution in [2.45, 2.75) is 103 Å². The SMILES string of the molecule is CC[C@H](C)[C@H](N)C(=O)N1CCC[C@H]1C(=O)N[C@H](C(=O)N[C@@H](CCC(N)=O)C(=O)N[C@@H](Cc1ccc(O)cc1)C(=O)O)[C@@H](C)CC. The van der Waals surface area contributed by atoms with Crippen LogP contribution in [0.2, 0.25) is 0 Å². The number of hydrogen-bond donors (Lipinski definition) is 7. The molecule has 0 radical (unpaired) electrons. The summed E-state index contributed by atoms with van der Waals surface area (Å²) >= 11 is 0. The van der Waals surface area contributed by atoms with Crippen LogP contribution in [-0.2, 0) is 35.2 Å². The first-order valence-electron chi connectivity index (χ1n) is 15.5. The van der Waals surface area contributed by atoms with E-state index in [4.69, 9.17) is 11.5 Å². The Kier molecular flexibility index (Phi) is 14.2. The number of likely N-dealkylation sites (tertiary alicyclic amines) is 1. The molecule has 1 aliphatic rings. The Bertz CT molecular complexity index is 1210. The van der Waals surface area contributed by atoms with Gasteiger partial charge < -0.3 is 42.5 Å². The molecular formula is C31H48N6O8. The van der Waals surface area contributed by atoms with Crippen molar-refractivity contribution in [1.82, 2.24) is 20.9 Å². The number of phenols is 1. The van der Waals surface area contributed by atoms with Crippen LogP contribution in [0.15, 0.2) is 24.3 Å². The third-order valence-corrected chi connectivity index (χ3v) is 8.48. The number of carbonyl (C=O) groups excluding carboxylic acids is 5. The standard InChI is InChI=1S/C31H48N6O8/c1-5-17(3)25(33)30(43)37-15-7-8-23(37)28(41)36-26(18(4)6-2)29(42)34-21(13-14-24(32)39)27(40)35-22(31(44)45)16-19-9-11-20(38)12-10-19/h9-12,17-18,21-23,25-26,38H,5-8,13-16,33H2,1-4H3,(H2,32,39)(H,34,42)(H,35,40)(H,36,41)(H,44,45)/t17-,18-,21-,22-,23-,25-,26-/m0/s1. The third-order valence-electron chi connectivity index (χ3n) is 8.48. The predicted molar refractivity (Wildman–Crippen MR) is 165 cm³/mol. The molecule has 0 saturated carbocycles. The number of nitrogens with two attached hydrogens (primary N) is 2. The van der Waals surface area contributed by atoms with Crippen molar-refractivity contribution in [3.63, 3.8) is 0 Å². The lowest BCUT2D eigenvalue weighted by Gasteiger charge is -2.31. The summed E-state index contributed by atoms with van der Waals surface area (Å²) in [7, 11) is 0. The molecule has 0 spiro atoms. The van der Waals surface area contributed by atoms with Gasteiger partial charge in [-0.1, -0.05) is 52.7 Å². The number of hydrogen-bond acceptors (Lipinski definition) is 8. The molecule has 0 unspecified atom stereocenters. The zero-order valence-electron chi connectivity index (χ0n) is 26.5. The highest BCUT2D eigenvalue weighted by Crippen LogP contribution is 2.21. The van der Waals surface area contributed by atoms with Crippen molar-refractivity contribution in [2.75, 3.05) is 6.54 Å². The maximum Gasteiger partial charge on any atom is 0.326 e. The molecule has 1 aromatic rings. The molecule has 7 atom stereocenters. The highest BCUT2D eigenvalue weighted by Gasteiger charge is 2.39. The number of carboxylic acid groups (broad SMARTS) is 1. The van der Waals surface area contributed by atoms with Gasteiger partial charge in [0.1, 0.15) is 29.9 Å². The van der Waals surface area contributed by atoms with Crippen LogP contribution in [0.4, 0.5) is 0 Å². The van der Waals surface area contributed by atoms with Gasteiger partial charge in [0.2, 0.25) is 29.5 Å². The van der Waals surface area contributed by atoms with E-state index >= 15 is 0 Å². The second-order valence-corrected chi connectivity index (χ2v) is 11.8. The molecule has 0 aliphatic carbocycles. The number of carbonyl (C=O) groups is 6. The number of phenolic OH excluding ortho intramolecular Hbond substituents is 1. The van der Waals surface area contributed by atoms with Gasteiger partial charge in [0.15, 0.2) is 0 Å². The van der Waals surface area contributed by atoms with Crippen molar-refractivity contribution >= 4 is 35.5 Å². The highest BCUT2D eigenvalue weighted by atomic mass is 16.4. The summed E-state index contributed by atoms with van der Waals surface area (Å²) in [5, 5.41) is 27.0. The molecule has 2 rings (SSSR count). The Morgan fingerprint density at radius 3 is 2.09 bits per heavy atom. The van der Waals surface area contributed by atoms with E-state index in [1.165, 1.54) is 29.2 Å². The van der Waals surface area contributed by atoms with Crippen molar-refractivity contribution < 1.29 is 39.0 Å². The molecule has 1 fully saturated rings. The maximum atomic E-state index is 13.6. The van der Waals surface area contributed by atoms with Gasteiger partial charge in [-0.3, -0.25) is 24.0 Å². The number of benzene rings is 1. The molecule has 5 amide bonds. The lowest BCUT2D eigenvalue weighted by molar-refractivity contribution is -0.142. The molecule has 14 heteroatoms. The van der Waals surface area contributed by atoms with Crippen LogP contribution in [0.1, 0.15) is 71.8 Å². The Hall–Kier alpha value is -4.20. The summed E-state index contributed by atoms with van der Waals surface area (Å²) in [6.45, 7) is 7.73. The van der Waals surface area contributed by atoms with Crippen LogP contribution >= 0.6 is 0 Å². The fourth-order valence-electron chi connectivity index (χ4n) is 5.10. The molecule has 9 N–H and O–H groups in total. The van der Waals surface area contributed by atoms with Gasteiger partial charge in [0.05, 0.1) is 6.04 Å². The normalized spacial score (nSPS) is 18.5. The molecule has 14 nitrogen and oxygen atoms in total. The van der Waals surface area contributed by atoms with Gasteiger partial charge >= 0.3 is 5.97 Å². The second-order valence-electron chi connectivity index (χ2n) is 11.8. The average Bonchev–Trinajstić information content (AvgIpc) is 3.50. The summed E-state index contributed by atoms with van der Waals surface area (Å²) < 4.78 is 0. The van der Waals surface area contributed by atoms with Crippen molar-refractivity contribution in [2.24, 2.45) is 23.3 Å². The highest BCUT2D eigenvalue weighted by molar-refractivity contribution is 5.96. The van der Waals surface area contributed by atoms with Crippen LogP contribution in [-0.4, -0.2) is 87.4 Å². The Balaban J connectivity index is 2.22. The first-order chi connectivity index (χ1) is 21.2. The number of carboxylic acids is 1. The number of primary amides is 1. The van der Waals surface area contributed by atoms with Crippen LogP contribution in [0.25, 0.3) is 0 Å². The minimum Gasteiger partial charge on any atom is -0.508 e. The maximum absolute atomic E-state index is 13.6. The summed E-state index contributed by atoms with van der Waals surface area (Å²) in [6, 6.07) is 0.412. The van der Waals surface area contributed by atoms with E-state index in [0.29, 0.717) is 37.8 Å². The van der Waals surface area contributed by atoms with Crippen molar-refractivity contribution in [1.29, 1.82) is 0 Å². The van der Waals surface area contributed by atoms with Gasteiger partial charge in [-0.25, -0.2) is 4.79 Å². The molecule has 1 saturated heterocycles. The van der Waals surface area contributed by atoms with Crippen molar-refractivity contribution in [3.8, 4) is 5.75 Å². The zero-order chi connectivity index (χ0) is 33.8. The van der Waals surface area contributed by atoms with Gasteiger partial charge in [-0.05, 0) is 48.8 Å². The first kappa shape index (κ1) is 37.0. The lowest BCUT2D eigenvalue weighted by atomic mass is 9.96. The van der Waals surface area contributed by atoms with E-state index in [2.05, 4.69) is 16.0 Å². The fourth-order valence-corrected chi connectivity index (χ4v) is 5.10. The number of nitrogens with zero attached hydrogens (tertiary/aromatic N) is 1. The topological polar surface area (TPSA) is 234 Å². The summed E-state index contributed by atoms with van der Waals surface area (Å²) in [5.41, 5.74) is 12.0. The number of rotatable bonds is 17. The second kappa shape index (κ2) is 17.3. The number of aliphatic carboxylic acids is 1. The summed E-state index contributed by atoms with van der Waals surface area (Å²) in [5.74, 6) is -4.93. The average molecular weight is 633 g/mol. The van der Waals surface area contributed by atoms with E-state index in [1.54, 1.807) is 6.92 Å². The smallest absolute Gasteiger partial charge is 0.326 e. The van der Waals surface area contributed by atoms with Gasteiger partial charge in [0.25, 0.3) is 0 Å². The summed E-state index contributed by atoms with van der Waals surface area (Å²) in [6.07, 6.45) is 1.59. The van der Waals surface area contributed by atoms with E-state index in [9.17, 15) is 39.0 Å². The van der Waals surface area contributed by atoms with Crippen LogP contribution in [0, 0.1) is 11.8 Å². The van der Waals surface area contributed by atoms with Crippen LogP contribution in [0.3, 0.4) is 0 Å². The minimum atomic E-state index is -1.38. The third kappa shape index (κ3) is 10.7. The molecule has 1 aliphatic heterocycles. The van der Waals surface area contributed by atoms with E-state index in [0.717, 1.165) is 0 Å². The number of amides is 5. The largest absolute Gasteiger partial charge is 0.508 e. The fraction of sp³-hybridized carbons (Fsp3) is 0.613. The number of aromatic hydroxyl groups is 1. The lowest BCUT2D eigenvalue weighted by Crippen LogP contribution is -2.60. The quantitative estimate of drug-likeness (QED) is 0.124. The van der Waals surface area contributed by atoms with Crippen LogP contribution < -0.4 is 27.4 Å². The van der Waals surface area contributed by atoms with Crippen molar-refractivity contribution in [3.05, 3.63) is 29.8 Å². The Morgan fingerprint density at radius 1 is 0.933 bits per heavy atom. The van der Waals surface area contributed by atoms with Gasteiger partial charge in [0, 0.05) is 19.4 Å². The molecular weight excluding hydrogens is 584 g/mol. The number of nitrogens with one attached hydrogen (secondary N) is 3. The monoisotopic (exact) mass is 632 g/mol. The zero-order valence-corrected chi connectivity index (χ0v) is 26.5. The Labute approximate surface area is 263 Å². The van der Waals surface area contributed by atoms with Gasteiger partial charge in [-0.2, -0.15) is 0 Å². The Morgan fingerprint density at radius 2 is 1.53 bits per heavy atom. The van der Waals surface area contributed by atoms with E-state index < -0.39 is 59.8 Å². The predicted octanol–water partition coefficient (Wildman–Crippen LogP) is 0.150. The molecule has 250 valence electrons. The van der Waals surface area contributed by atoms with E-state index in [-0.39, 0.29) is 42.8 Å². The first-order valence-corrected chi connectivity index (χ1v) is 15.5. The van der Waals surface area contributed by atoms with Crippen LogP contribution in [0.5, 0.6) is 5.75 Å². The molecule has 45 heavy (non-hydrogen) atoms. The molecule has 0 aromatic heterocycles. The van der Waals surface area contributed by atoms with E-state index in [1.807, 2.05) is 20.8 Å². The molecule has 0 bridgehead atoms.